The van der Waals surface area contributed by atoms with Crippen molar-refractivity contribution >= 4 is 11.8 Å². The van der Waals surface area contributed by atoms with Gasteiger partial charge in [0.1, 0.15) is 13.2 Å². The molecule has 0 N–H and O–H groups in total. The molecule has 0 heterocycles. The van der Waals surface area contributed by atoms with Crippen LogP contribution in [0.1, 0.15) is 34.3 Å². The van der Waals surface area contributed by atoms with Crippen LogP contribution in [0.5, 0.6) is 0 Å². The maximum Gasteiger partial charge on any atom is 0.313 e. The maximum absolute atomic E-state index is 12.5. The maximum atomic E-state index is 12.5. The molecule has 0 spiro atoms. The summed E-state index contributed by atoms with van der Waals surface area (Å²) in [7, 11) is 0. The van der Waals surface area contributed by atoms with E-state index in [9.17, 15) is 19.7 Å². The van der Waals surface area contributed by atoms with Crippen molar-refractivity contribution in [1.29, 1.82) is 0 Å². The second-order valence-electron chi connectivity index (χ2n) is 5.88. The Labute approximate surface area is 162 Å². The number of hydrogen-bond acceptors (Lipinski definition) is 7. The minimum absolute atomic E-state index is 0.0181. The molecule has 8 heteroatoms. The fraction of sp³-hybridized carbons (Fsp3) is 0.300. The number of rotatable bonds is 11. The van der Waals surface area contributed by atoms with Crippen molar-refractivity contribution in [2.75, 3.05) is 26.4 Å². The number of benzene rings is 2. The molecule has 0 aliphatic carbocycles. The summed E-state index contributed by atoms with van der Waals surface area (Å²) in [4.78, 5) is 38.8. The lowest BCUT2D eigenvalue weighted by atomic mass is 9.96. The second-order valence-corrected chi connectivity index (χ2v) is 5.88. The molecule has 1 unspecified atom stereocenters. The molecule has 2 aromatic carbocycles. The zero-order valence-electron chi connectivity index (χ0n) is 15.4. The van der Waals surface area contributed by atoms with Crippen molar-refractivity contribution in [2.24, 2.45) is 0 Å². The standard InChI is InChI=1S/C20H21NO7/c1-15(20(23)27-12-10-26-11-13-28-21(24)25)17-8-5-9-18(14-17)19(22)16-6-3-2-4-7-16/h2-9,14-15H,10-13H2,1H3. The van der Waals surface area contributed by atoms with Crippen molar-refractivity contribution in [3.8, 4) is 0 Å². The van der Waals surface area contributed by atoms with Gasteiger partial charge in [0.2, 0.25) is 0 Å². The summed E-state index contributed by atoms with van der Waals surface area (Å²) in [6.07, 6.45) is 0. The zero-order chi connectivity index (χ0) is 20.4. The molecule has 148 valence electrons. The predicted molar refractivity (Wildman–Crippen MR) is 99.5 cm³/mol. The highest BCUT2D eigenvalue weighted by Gasteiger charge is 2.18. The van der Waals surface area contributed by atoms with E-state index in [4.69, 9.17) is 9.47 Å². The summed E-state index contributed by atoms with van der Waals surface area (Å²) < 4.78 is 10.2. The number of esters is 1. The Balaban J connectivity index is 1.84. The molecular weight excluding hydrogens is 366 g/mol. The van der Waals surface area contributed by atoms with E-state index >= 15 is 0 Å². The Morgan fingerprint density at radius 3 is 2.36 bits per heavy atom. The molecule has 0 bridgehead atoms. The molecule has 0 aromatic heterocycles. The average Bonchev–Trinajstić information content (AvgIpc) is 2.72. The van der Waals surface area contributed by atoms with Gasteiger partial charge in [-0.1, -0.05) is 48.5 Å². The van der Waals surface area contributed by atoms with E-state index in [2.05, 4.69) is 4.84 Å². The minimum atomic E-state index is -0.901. The van der Waals surface area contributed by atoms with Gasteiger partial charge in [-0.2, -0.15) is 0 Å². The zero-order valence-corrected chi connectivity index (χ0v) is 15.4. The Hall–Kier alpha value is -3.26. The fourth-order valence-electron chi connectivity index (χ4n) is 2.44. The topological polar surface area (TPSA) is 105 Å². The van der Waals surface area contributed by atoms with Gasteiger partial charge in [0.25, 0.3) is 5.09 Å². The number of carbonyl (C=O) groups is 2. The summed E-state index contributed by atoms with van der Waals surface area (Å²) in [5, 5.41) is 9.07. The second kappa shape index (κ2) is 10.8. The van der Waals surface area contributed by atoms with Crippen LogP contribution in [0.15, 0.2) is 54.6 Å². The molecule has 0 saturated heterocycles. The van der Waals surface area contributed by atoms with Crippen LogP contribution in [0.2, 0.25) is 0 Å². The third kappa shape index (κ3) is 6.48. The van der Waals surface area contributed by atoms with Crippen molar-refractivity contribution in [3.05, 3.63) is 81.4 Å². The highest BCUT2D eigenvalue weighted by atomic mass is 17.0. The predicted octanol–water partition coefficient (Wildman–Crippen LogP) is 2.79. The summed E-state index contributed by atoms with van der Waals surface area (Å²) in [6, 6.07) is 15.8. The molecule has 2 rings (SSSR count). The Morgan fingerprint density at radius 2 is 1.64 bits per heavy atom. The van der Waals surface area contributed by atoms with Crippen molar-refractivity contribution < 1.29 is 29.0 Å². The molecule has 0 radical (unpaired) electrons. The first-order valence-corrected chi connectivity index (χ1v) is 8.70. The van der Waals surface area contributed by atoms with Crippen molar-refractivity contribution in [2.45, 2.75) is 12.8 Å². The number of ether oxygens (including phenoxy) is 2. The van der Waals surface area contributed by atoms with Crippen LogP contribution in [0.3, 0.4) is 0 Å². The first-order chi connectivity index (χ1) is 13.5. The number of carbonyl (C=O) groups excluding carboxylic acids is 2. The lowest BCUT2D eigenvalue weighted by Crippen LogP contribution is -2.18. The molecule has 0 saturated carbocycles. The Morgan fingerprint density at radius 1 is 0.964 bits per heavy atom. The third-order valence-corrected chi connectivity index (χ3v) is 3.93. The SMILES string of the molecule is CC(C(=O)OCCOCCO[N+](=O)[O-])c1cccc(C(=O)c2ccccc2)c1. The normalized spacial score (nSPS) is 11.5. The molecule has 28 heavy (non-hydrogen) atoms. The summed E-state index contributed by atoms with van der Waals surface area (Å²) in [5.41, 5.74) is 1.75. The molecule has 0 fully saturated rings. The van der Waals surface area contributed by atoms with Gasteiger partial charge >= 0.3 is 5.97 Å². The largest absolute Gasteiger partial charge is 0.463 e. The lowest BCUT2D eigenvalue weighted by molar-refractivity contribution is -0.758. The van der Waals surface area contributed by atoms with Crippen LogP contribution < -0.4 is 0 Å². The Bertz CT molecular complexity index is 807. The van der Waals surface area contributed by atoms with Crippen molar-refractivity contribution in [3.63, 3.8) is 0 Å². The monoisotopic (exact) mass is 387 g/mol. The lowest BCUT2D eigenvalue weighted by Gasteiger charge is -2.13. The summed E-state index contributed by atoms with van der Waals surface area (Å²) in [6.45, 7) is 1.66. The third-order valence-electron chi connectivity index (χ3n) is 3.93. The van der Waals surface area contributed by atoms with Gasteiger partial charge in [-0.25, -0.2) is 0 Å². The van der Waals surface area contributed by atoms with E-state index in [0.29, 0.717) is 16.7 Å². The average molecular weight is 387 g/mol. The quantitative estimate of drug-likeness (QED) is 0.192. The van der Waals surface area contributed by atoms with Crippen LogP contribution in [-0.4, -0.2) is 43.3 Å². The molecule has 8 nitrogen and oxygen atoms in total. The number of ketones is 1. The van der Waals surface area contributed by atoms with Gasteiger partial charge in [-0.05, 0) is 18.6 Å². The number of nitrogens with zero attached hydrogens (tertiary/aromatic N) is 1. The van der Waals surface area contributed by atoms with Gasteiger partial charge in [-0.15, -0.1) is 10.1 Å². The van der Waals surface area contributed by atoms with Crippen LogP contribution in [0.25, 0.3) is 0 Å². The van der Waals surface area contributed by atoms with Crippen molar-refractivity contribution in [1.82, 2.24) is 0 Å². The van der Waals surface area contributed by atoms with E-state index in [1.54, 1.807) is 55.5 Å². The van der Waals surface area contributed by atoms with E-state index in [0.717, 1.165) is 0 Å². The summed E-state index contributed by atoms with van der Waals surface area (Å²) in [5.74, 6) is -1.12. The van der Waals surface area contributed by atoms with E-state index in [-0.39, 0.29) is 32.2 Å². The van der Waals surface area contributed by atoms with E-state index in [1.807, 2.05) is 6.07 Å². The summed E-state index contributed by atoms with van der Waals surface area (Å²) >= 11 is 0. The van der Waals surface area contributed by atoms with Gasteiger partial charge in [0.05, 0.1) is 19.1 Å². The smallest absolute Gasteiger partial charge is 0.313 e. The first kappa shape index (κ1) is 21.0. The molecule has 1 atom stereocenters. The molecule has 0 amide bonds. The first-order valence-electron chi connectivity index (χ1n) is 8.70. The van der Waals surface area contributed by atoms with Gasteiger partial charge < -0.3 is 14.3 Å². The van der Waals surface area contributed by atoms with Gasteiger partial charge in [0, 0.05) is 11.1 Å². The highest BCUT2D eigenvalue weighted by molar-refractivity contribution is 6.09. The number of hydrogen-bond donors (Lipinski definition) is 0. The Kier molecular flexibility index (Phi) is 8.11. The van der Waals surface area contributed by atoms with Gasteiger partial charge in [0.15, 0.2) is 5.78 Å². The fourth-order valence-corrected chi connectivity index (χ4v) is 2.44. The highest BCUT2D eigenvalue weighted by Crippen LogP contribution is 2.20. The van der Waals surface area contributed by atoms with Gasteiger partial charge in [-0.3, -0.25) is 9.59 Å². The van der Waals surface area contributed by atoms with Crippen LogP contribution in [0.4, 0.5) is 0 Å². The van der Waals surface area contributed by atoms with E-state index < -0.39 is 17.0 Å². The van der Waals surface area contributed by atoms with Crippen LogP contribution >= 0.6 is 0 Å². The molecule has 0 aliphatic rings. The molecule has 0 aliphatic heterocycles. The minimum Gasteiger partial charge on any atom is -0.463 e. The molecule has 2 aromatic rings. The van der Waals surface area contributed by atoms with E-state index in [1.165, 1.54) is 0 Å². The van der Waals surface area contributed by atoms with Crippen LogP contribution in [0, 0.1) is 10.1 Å². The molecular formula is C20H21NO7. The van der Waals surface area contributed by atoms with Crippen LogP contribution in [-0.2, 0) is 19.1 Å².